The predicted molar refractivity (Wildman–Crippen MR) is 74.9 cm³/mol. The van der Waals surface area contributed by atoms with Crippen molar-refractivity contribution in [2.24, 2.45) is 35.5 Å². The van der Waals surface area contributed by atoms with Gasteiger partial charge in [0.25, 0.3) is 0 Å². The summed E-state index contributed by atoms with van der Waals surface area (Å²) in [6.07, 6.45) is 2.06. The highest BCUT2D eigenvalue weighted by atomic mass is 17.1. The largest absolute Gasteiger partial charge is 0.435 e. The summed E-state index contributed by atoms with van der Waals surface area (Å²) in [5, 5.41) is 9.18. The van der Waals surface area contributed by atoms with Crippen molar-refractivity contribution in [1.82, 2.24) is 0 Å². The minimum atomic E-state index is -1.09. The maximum Gasteiger partial charge on any atom is 0.311 e. The first kappa shape index (κ1) is 15.3. The summed E-state index contributed by atoms with van der Waals surface area (Å²) in [6.45, 7) is 8.19. The number of carbonyl (C=O) groups excluding carboxylic acids is 1. The minimum absolute atomic E-state index is 0.0840. The molecule has 3 unspecified atom stereocenters. The standard InChI is InChI=1S/C16H26O5/c1-8-7-9(2)12-10(3)14(17)19-15-13(12)11(8)5-6-16(4,20-15)21-18/h8-13,15,18H,5-7H2,1-4H3/t8-,9?,10-,11?,12+,13?,15-,16-/m1/s1. The number of hydrogen-bond acceptors (Lipinski definition) is 5. The zero-order chi connectivity index (χ0) is 15.4. The average molecular weight is 298 g/mol. The van der Waals surface area contributed by atoms with Gasteiger partial charge in [0.1, 0.15) is 0 Å². The van der Waals surface area contributed by atoms with Gasteiger partial charge in [0, 0.05) is 12.3 Å². The predicted octanol–water partition coefficient (Wildman–Crippen LogP) is 3.05. The fourth-order valence-electron chi connectivity index (χ4n) is 5.01. The molecule has 0 aromatic heterocycles. The number of ether oxygens (including phenoxy) is 2. The van der Waals surface area contributed by atoms with Crippen LogP contribution in [0.4, 0.5) is 0 Å². The van der Waals surface area contributed by atoms with E-state index in [0.29, 0.717) is 30.1 Å². The average Bonchev–Trinajstić information content (AvgIpc) is 2.57. The number of rotatable bonds is 1. The molecule has 120 valence electrons. The van der Waals surface area contributed by atoms with Gasteiger partial charge in [-0.25, -0.2) is 10.1 Å². The molecule has 3 fully saturated rings. The molecule has 2 saturated heterocycles. The van der Waals surface area contributed by atoms with Gasteiger partial charge in [-0.2, -0.15) is 0 Å². The van der Waals surface area contributed by atoms with Crippen LogP contribution in [0.2, 0.25) is 0 Å². The molecule has 0 spiro atoms. The van der Waals surface area contributed by atoms with Crippen LogP contribution in [0.5, 0.6) is 0 Å². The monoisotopic (exact) mass is 298 g/mol. The fourth-order valence-corrected chi connectivity index (χ4v) is 5.01. The lowest BCUT2D eigenvalue weighted by Gasteiger charge is -2.51. The lowest BCUT2D eigenvalue weighted by molar-refractivity contribution is -0.426. The second kappa shape index (κ2) is 5.21. The Kier molecular flexibility index (Phi) is 3.79. The van der Waals surface area contributed by atoms with Crippen LogP contribution < -0.4 is 0 Å². The molecule has 21 heavy (non-hydrogen) atoms. The highest BCUT2D eigenvalue weighted by Crippen LogP contribution is 2.54. The smallest absolute Gasteiger partial charge is 0.311 e. The van der Waals surface area contributed by atoms with Gasteiger partial charge in [-0.05, 0) is 43.4 Å². The molecule has 0 radical (unpaired) electrons. The summed E-state index contributed by atoms with van der Waals surface area (Å²) in [4.78, 5) is 16.7. The lowest BCUT2D eigenvalue weighted by atomic mass is 9.57. The molecule has 0 bridgehead atoms. The van der Waals surface area contributed by atoms with Gasteiger partial charge >= 0.3 is 5.97 Å². The van der Waals surface area contributed by atoms with Crippen molar-refractivity contribution in [2.45, 2.75) is 59.0 Å². The summed E-state index contributed by atoms with van der Waals surface area (Å²) in [6, 6.07) is 0. The quantitative estimate of drug-likeness (QED) is 0.458. The van der Waals surface area contributed by atoms with E-state index in [1.807, 2.05) is 6.92 Å². The molecule has 3 aliphatic rings. The SMILES string of the molecule is CC1C[C@@H](C)C2CC[C@@](C)(OO)O[C@H]3OC(=O)[C@H](C)[C@H]1C23. The van der Waals surface area contributed by atoms with Crippen LogP contribution in [0.15, 0.2) is 0 Å². The first-order valence-electron chi connectivity index (χ1n) is 8.07. The van der Waals surface area contributed by atoms with Gasteiger partial charge in [0.15, 0.2) is 0 Å². The van der Waals surface area contributed by atoms with Gasteiger partial charge in [0.05, 0.1) is 5.92 Å². The molecule has 0 aromatic carbocycles. The van der Waals surface area contributed by atoms with Crippen molar-refractivity contribution in [3.05, 3.63) is 0 Å². The van der Waals surface area contributed by atoms with E-state index < -0.39 is 12.1 Å². The van der Waals surface area contributed by atoms with Crippen molar-refractivity contribution in [2.75, 3.05) is 0 Å². The first-order valence-corrected chi connectivity index (χ1v) is 8.07. The van der Waals surface area contributed by atoms with E-state index in [4.69, 9.17) is 9.47 Å². The van der Waals surface area contributed by atoms with E-state index in [1.165, 1.54) is 0 Å². The molecule has 5 nitrogen and oxygen atoms in total. The number of carbonyl (C=O) groups is 1. The molecular weight excluding hydrogens is 272 g/mol. The third-order valence-corrected chi connectivity index (χ3v) is 6.06. The van der Waals surface area contributed by atoms with E-state index in [1.54, 1.807) is 6.92 Å². The Morgan fingerprint density at radius 1 is 1.24 bits per heavy atom. The third-order valence-electron chi connectivity index (χ3n) is 6.06. The Labute approximate surface area is 125 Å². The number of hydrogen-bond donors (Lipinski definition) is 1. The van der Waals surface area contributed by atoms with Crippen molar-refractivity contribution in [3.63, 3.8) is 0 Å². The Balaban J connectivity index is 1.98. The van der Waals surface area contributed by atoms with Crippen LogP contribution in [0, 0.1) is 35.5 Å². The molecule has 1 N–H and O–H groups in total. The first-order chi connectivity index (χ1) is 9.86. The lowest BCUT2D eigenvalue weighted by Crippen LogP contribution is -2.54. The van der Waals surface area contributed by atoms with E-state index >= 15 is 0 Å². The van der Waals surface area contributed by atoms with Gasteiger partial charge in [-0.15, -0.1) is 0 Å². The van der Waals surface area contributed by atoms with Crippen molar-refractivity contribution < 1.29 is 24.4 Å². The summed E-state index contributed by atoms with van der Waals surface area (Å²) < 4.78 is 11.4. The van der Waals surface area contributed by atoms with Crippen LogP contribution in [0.1, 0.15) is 47.0 Å². The second-order valence-electron chi connectivity index (χ2n) is 7.48. The Hall–Kier alpha value is -0.650. The molecule has 0 aromatic rings. The topological polar surface area (TPSA) is 65.0 Å². The van der Waals surface area contributed by atoms with Crippen LogP contribution in [0.25, 0.3) is 0 Å². The summed E-state index contributed by atoms with van der Waals surface area (Å²) >= 11 is 0. The van der Waals surface area contributed by atoms with Crippen LogP contribution in [-0.4, -0.2) is 23.3 Å². The Morgan fingerprint density at radius 2 is 1.95 bits per heavy atom. The van der Waals surface area contributed by atoms with Gasteiger partial charge in [-0.3, -0.25) is 4.79 Å². The molecule has 1 aliphatic carbocycles. The molecule has 3 rings (SSSR count). The third kappa shape index (κ3) is 2.39. The molecular formula is C16H26O5. The van der Waals surface area contributed by atoms with Gasteiger partial charge in [-0.1, -0.05) is 20.8 Å². The molecule has 1 saturated carbocycles. The molecule has 2 aliphatic heterocycles. The highest BCUT2D eigenvalue weighted by molar-refractivity contribution is 5.73. The maximum atomic E-state index is 12.2. The van der Waals surface area contributed by atoms with Crippen LogP contribution in [-0.2, 0) is 19.2 Å². The summed E-state index contributed by atoms with van der Waals surface area (Å²) in [7, 11) is 0. The van der Waals surface area contributed by atoms with Gasteiger partial charge in [0.2, 0.25) is 12.1 Å². The zero-order valence-electron chi connectivity index (χ0n) is 13.2. The van der Waals surface area contributed by atoms with Crippen LogP contribution >= 0.6 is 0 Å². The van der Waals surface area contributed by atoms with Gasteiger partial charge < -0.3 is 9.47 Å². The van der Waals surface area contributed by atoms with Crippen molar-refractivity contribution in [3.8, 4) is 0 Å². The van der Waals surface area contributed by atoms with Crippen LogP contribution in [0.3, 0.4) is 0 Å². The summed E-state index contributed by atoms with van der Waals surface area (Å²) in [5.74, 6) is 0.626. The number of esters is 1. The Bertz CT molecular complexity index is 425. The van der Waals surface area contributed by atoms with Crippen molar-refractivity contribution in [1.29, 1.82) is 0 Å². The van der Waals surface area contributed by atoms with Crippen molar-refractivity contribution >= 4 is 5.97 Å². The van der Waals surface area contributed by atoms with E-state index in [9.17, 15) is 10.1 Å². The summed E-state index contributed by atoms with van der Waals surface area (Å²) in [5.41, 5.74) is 0. The highest BCUT2D eigenvalue weighted by Gasteiger charge is 2.56. The molecule has 0 amide bonds. The minimum Gasteiger partial charge on any atom is -0.435 e. The normalized spacial score (nSPS) is 53.6. The zero-order valence-corrected chi connectivity index (χ0v) is 13.2. The fraction of sp³-hybridized carbons (Fsp3) is 0.938. The second-order valence-corrected chi connectivity index (χ2v) is 7.48. The maximum absolute atomic E-state index is 12.2. The van der Waals surface area contributed by atoms with E-state index in [2.05, 4.69) is 18.7 Å². The molecule has 5 heteroatoms. The van der Waals surface area contributed by atoms with E-state index in [-0.39, 0.29) is 17.8 Å². The van der Waals surface area contributed by atoms with E-state index in [0.717, 1.165) is 12.8 Å². The molecule has 8 atom stereocenters. The molecule has 2 heterocycles. The Morgan fingerprint density at radius 3 is 2.62 bits per heavy atom.